The lowest BCUT2D eigenvalue weighted by molar-refractivity contribution is 0.425. The van der Waals surface area contributed by atoms with Crippen LogP contribution >= 0.6 is 0 Å². The molecule has 2 rings (SSSR count). The molecule has 0 saturated heterocycles. The van der Waals surface area contributed by atoms with Crippen LogP contribution in [0.15, 0.2) is 18.5 Å². The standard InChI is InChI=1S/C9H11BN4O2/c1-6-3-4-14(13-6)9-11-5-8(10(15)16)7(2)12-9/h3-5,15-16H,1-2H3. The largest absolute Gasteiger partial charge is 0.491 e. The van der Waals surface area contributed by atoms with Gasteiger partial charge in [-0.05, 0) is 19.9 Å². The molecule has 2 heterocycles. The minimum Gasteiger partial charge on any atom is -0.423 e. The first-order valence-electron chi connectivity index (χ1n) is 4.80. The number of aromatic nitrogens is 4. The molecule has 0 aliphatic carbocycles. The van der Waals surface area contributed by atoms with Gasteiger partial charge in [0.1, 0.15) is 0 Å². The van der Waals surface area contributed by atoms with Crippen molar-refractivity contribution in [1.82, 2.24) is 19.7 Å². The van der Waals surface area contributed by atoms with Gasteiger partial charge in [-0.25, -0.2) is 14.6 Å². The Labute approximate surface area is 92.7 Å². The van der Waals surface area contributed by atoms with Crippen molar-refractivity contribution in [3.05, 3.63) is 29.8 Å². The lowest BCUT2D eigenvalue weighted by Gasteiger charge is -2.05. The Hall–Kier alpha value is -1.73. The second kappa shape index (κ2) is 4.03. The summed E-state index contributed by atoms with van der Waals surface area (Å²) in [5.74, 6) is 0.412. The lowest BCUT2D eigenvalue weighted by atomic mass is 9.80. The molecular formula is C9H11BN4O2. The Morgan fingerprint density at radius 1 is 1.31 bits per heavy atom. The molecule has 2 aromatic rings. The topological polar surface area (TPSA) is 84.1 Å². The van der Waals surface area contributed by atoms with Gasteiger partial charge < -0.3 is 10.0 Å². The van der Waals surface area contributed by atoms with E-state index in [-0.39, 0.29) is 0 Å². The molecule has 2 N–H and O–H groups in total. The van der Waals surface area contributed by atoms with Crippen molar-refractivity contribution in [1.29, 1.82) is 0 Å². The third kappa shape index (κ3) is 1.95. The van der Waals surface area contributed by atoms with E-state index in [1.54, 1.807) is 13.1 Å². The summed E-state index contributed by atoms with van der Waals surface area (Å²) in [7, 11) is -1.55. The Bertz CT molecular complexity index is 512. The quantitative estimate of drug-likeness (QED) is 0.629. The van der Waals surface area contributed by atoms with E-state index in [0.29, 0.717) is 17.1 Å². The monoisotopic (exact) mass is 218 g/mol. The average Bonchev–Trinajstić information content (AvgIpc) is 2.64. The van der Waals surface area contributed by atoms with E-state index < -0.39 is 7.12 Å². The molecule has 0 saturated carbocycles. The molecule has 0 fully saturated rings. The molecule has 0 bridgehead atoms. The maximum atomic E-state index is 9.02. The van der Waals surface area contributed by atoms with Crippen LogP contribution in [0.1, 0.15) is 11.4 Å². The van der Waals surface area contributed by atoms with Crippen LogP contribution in [-0.2, 0) is 0 Å². The minimum absolute atomic E-state index is 0.299. The van der Waals surface area contributed by atoms with Crippen LogP contribution in [0.2, 0.25) is 0 Å². The molecule has 0 spiro atoms. The molecule has 6 nitrogen and oxygen atoms in total. The zero-order valence-corrected chi connectivity index (χ0v) is 8.99. The fraction of sp³-hybridized carbons (Fsp3) is 0.222. The van der Waals surface area contributed by atoms with Crippen molar-refractivity contribution in [2.24, 2.45) is 0 Å². The van der Waals surface area contributed by atoms with Gasteiger partial charge in [0, 0.05) is 23.6 Å². The number of hydrogen-bond acceptors (Lipinski definition) is 5. The normalized spacial score (nSPS) is 10.5. The summed E-state index contributed by atoms with van der Waals surface area (Å²) in [6, 6.07) is 1.84. The summed E-state index contributed by atoms with van der Waals surface area (Å²) in [4.78, 5) is 8.16. The van der Waals surface area contributed by atoms with E-state index in [2.05, 4.69) is 15.1 Å². The highest BCUT2D eigenvalue weighted by molar-refractivity contribution is 6.58. The van der Waals surface area contributed by atoms with Gasteiger partial charge in [-0.2, -0.15) is 5.10 Å². The molecule has 0 radical (unpaired) electrons. The van der Waals surface area contributed by atoms with E-state index in [9.17, 15) is 0 Å². The second-order valence-corrected chi connectivity index (χ2v) is 3.49. The van der Waals surface area contributed by atoms with Gasteiger partial charge in [-0.3, -0.25) is 0 Å². The first-order valence-corrected chi connectivity index (χ1v) is 4.80. The van der Waals surface area contributed by atoms with Crippen LogP contribution in [0.25, 0.3) is 5.95 Å². The second-order valence-electron chi connectivity index (χ2n) is 3.49. The Morgan fingerprint density at radius 3 is 2.56 bits per heavy atom. The highest BCUT2D eigenvalue weighted by atomic mass is 16.4. The maximum Gasteiger partial charge on any atom is 0.491 e. The summed E-state index contributed by atoms with van der Waals surface area (Å²) >= 11 is 0. The van der Waals surface area contributed by atoms with Crippen molar-refractivity contribution in [3.63, 3.8) is 0 Å². The molecule has 0 amide bonds. The maximum absolute atomic E-state index is 9.02. The summed E-state index contributed by atoms with van der Waals surface area (Å²) in [6.45, 7) is 3.56. The van der Waals surface area contributed by atoms with E-state index >= 15 is 0 Å². The Balaban J connectivity index is 2.42. The van der Waals surface area contributed by atoms with Crippen molar-refractivity contribution < 1.29 is 10.0 Å². The number of aryl methyl sites for hydroxylation is 2. The molecule has 0 aliphatic rings. The van der Waals surface area contributed by atoms with E-state index in [4.69, 9.17) is 10.0 Å². The van der Waals surface area contributed by atoms with Crippen molar-refractivity contribution in [2.45, 2.75) is 13.8 Å². The molecule has 2 aromatic heterocycles. The van der Waals surface area contributed by atoms with Crippen LogP contribution in [0, 0.1) is 13.8 Å². The van der Waals surface area contributed by atoms with Gasteiger partial charge in [0.05, 0.1) is 5.69 Å². The van der Waals surface area contributed by atoms with Crippen molar-refractivity contribution in [3.8, 4) is 5.95 Å². The van der Waals surface area contributed by atoms with Gasteiger partial charge >= 0.3 is 7.12 Å². The highest BCUT2D eigenvalue weighted by Gasteiger charge is 2.16. The van der Waals surface area contributed by atoms with Crippen molar-refractivity contribution >= 4 is 12.6 Å². The molecule has 0 aromatic carbocycles. The third-order valence-corrected chi connectivity index (χ3v) is 2.21. The fourth-order valence-electron chi connectivity index (χ4n) is 1.35. The number of hydrogen-bond donors (Lipinski definition) is 2. The lowest BCUT2D eigenvalue weighted by Crippen LogP contribution is -2.33. The van der Waals surface area contributed by atoms with E-state index in [1.807, 2.05) is 13.0 Å². The molecule has 0 unspecified atom stereocenters. The predicted molar refractivity (Wildman–Crippen MR) is 58.5 cm³/mol. The van der Waals surface area contributed by atoms with E-state index in [0.717, 1.165) is 5.69 Å². The summed E-state index contributed by atoms with van der Waals surface area (Å²) < 4.78 is 1.54. The van der Waals surface area contributed by atoms with Crippen LogP contribution in [0.3, 0.4) is 0 Å². The zero-order chi connectivity index (χ0) is 11.7. The molecule has 16 heavy (non-hydrogen) atoms. The van der Waals surface area contributed by atoms with Gasteiger partial charge in [0.15, 0.2) is 0 Å². The van der Waals surface area contributed by atoms with Crippen LogP contribution in [0.5, 0.6) is 0 Å². The molecule has 82 valence electrons. The highest BCUT2D eigenvalue weighted by Crippen LogP contribution is 2.01. The van der Waals surface area contributed by atoms with Crippen LogP contribution < -0.4 is 5.46 Å². The average molecular weight is 218 g/mol. The molecule has 0 atom stereocenters. The summed E-state index contributed by atoms with van der Waals surface area (Å²) in [6.07, 6.45) is 3.14. The zero-order valence-electron chi connectivity index (χ0n) is 8.99. The van der Waals surface area contributed by atoms with Gasteiger partial charge in [-0.15, -0.1) is 0 Å². The Kier molecular flexibility index (Phi) is 2.72. The van der Waals surface area contributed by atoms with Gasteiger partial charge in [0.25, 0.3) is 5.95 Å². The van der Waals surface area contributed by atoms with Crippen LogP contribution in [0.4, 0.5) is 0 Å². The smallest absolute Gasteiger partial charge is 0.423 e. The molecule has 0 aliphatic heterocycles. The number of nitrogens with zero attached hydrogens (tertiary/aromatic N) is 4. The molecular weight excluding hydrogens is 207 g/mol. The molecule has 7 heteroatoms. The summed E-state index contributed by atoms with van der Waals surface area (Å²) in [5, 5.41) is 22.2. The predicted octanol–water partition coefficient (Wildman–Crippen LogP) is -1.04. The van der Waals surface area contributed by atoms with Crippen molar-refractivity contribution in [2.75, 3.05) is 0 Å². The third-order valence-electron chi connectivity index (χ3n) is 2.21. The van der Waals surface area contributed by atoms with E-state index in [1.165, 1.54) is 10.9 Å². The SMILES string of the molecule is Cc1ccn(-c2ncc(B(O)O)c(C)n2)n1. The van der Waals surface area contributed by atoms with Crippen LogP contribution in [-0.4, -0.2) is 36.9 Å². The first-order chi connectivity index (χ1) is 7.58. The summed E-state index contributed by atoms with van der Waals surface area (Å²) in [5.41, 5.74) is 1.69. The minimum atomic E-state index is -1.55. The first kappa shape index (κ1) is 10.8. The number of rotatable bonds is 2. The Morgan fingerprint density at radius 2 is 2.06 bits per heavy atom. The van der Waals surface area contributed by atoms with Gasteiger partial charge in [-0.1, -0.05) is 0 Å². The fourth-order valence-corrected chi connectivity index (χ4v) is 1.35. The van der Waals surface area contributed by atoms with Gasteiger partial charge in [0.2, 0.25) is 0 Å².